The number of hydrogen-bond acceptors (Lipinski definition) is 4. The van der Waals surface area contributed by atoms with E-state index in [9.17, 15) is 10.1 Å². The van der Waals surface area contributed by atoms with Crippen molar-refractivity contribution in [1.82, 2.24) is 0 Å². The molecule has 0 aromatic heterocycles. The molecular formula is C6H7N2NaO3. The van der Waals surface area contributed by atoms with Crippen LogP contribution in [0.15, 0.2) is 18.2 Å². The van der Waals surface area contributed by atoms with Gasteiger partial charge in [-0.3, -0.25) is 10.1 Å². The summed E-state index contributed by atoms with van der Waals surface area (Å²) < 4.78 is 0. The third kappa shape index (κ3) is 2.37. The van der Waals surface area contributed by atoms with Crippen molar-refractivity contribution in [2.75, 3.05) is 5.73 Å². The van der Waals surface area contributed by atoms with Gasteiger partial charge in [0.15, 0.2) is 0 Å². The van der Waals surface area contributed by atoms with E-state index in [2.05, 4.69) is 0 Å². The van der Waals surface area contributed by atoms with Gasteiger partial charge in [-0.1, -0.05) is 0 Å². The molecule has 1 rings (SSSR count). The summed E-state index contributed by atoms with van der Waals surface area (Å²) in [6.45, 7) is 0. The molecule has 6 heteroatoms. The van der Waals surface area contributed by atoms with Gasteiger partial charge in [0.2, 0.25) is 0 Å². The molecule has 0 spiro atoms. The van der Waals surface area contributed by atoms with E-state index in [0.29, 0.717) is 0 Å². The van der Waals surface area contributed by atoms with E-state index >= 15 is 0 Å². The molecule has 12 heavy (non-hydrogen) atoms. The first-order chi connectivity index (χ1) is 5.11. The molecule has 3 N–H and O–H groups in total. The first-order valence-corrected chi connectivity index (χ1v) is 2.84. The summed E-state index contributed by atoms with van der Waals surface area (Å²) in [5, 5.41) is 19.0. The molecule has 0 aliphatic rings. The molecule has 0 radical (unpaired) electrons. The normalized spacial score (nSPS) is 8.67. The summed E-state index contributed by atoms with van der Waals surface area (Å²) >= 11 is 0. The summed E-state index contributed by atoms with van der Waals surface area (Å²) in [6, 6.07) is 3.48. The number of benzene rings is 1. The topological polar surface area (TPSA) is 89.4 Å². The predicted octanol–water partition coefficient (Wildman–Crippen LogP) is -2.00. The number of nitrogen functional groups attached to an aromatic ring is 1. The maximum absolute atomic E-state index is 10.1. The SMILES string of the molecule is Nc1cc([N+](=O)[O-])ccc1O.[H-].[Na+]. The maximum atomic E-state index is 10.1. The number of non-ortho nitro benzene ring substituents is 1. The quantitative estimate of drug-likeness (QED) is 0.171. The molecule has 0 fully saturated rings. The average molecular weight is 178 g/mol. The molecule has 0 atom stereocenters. The van der Waals surface area contributed by atoms with Crippen LogP contribution in [-0.2, 0) is 0 Å². The number of phenolic OH excluding ortho intramolecular Hbond substituents is 1. The van der Waals surface area contributed by atoms with Gasteiger partial charge in [0, 0.05) is 12.1 Å². The Morgan fingerprint density at radius 3 is 2.58 bits per heavy atom. The van der Waals surface area contributed by atoms with Crippen LogP contribution in [0.1, 0.15) is 1.43 Å². The van der Waals surface area contributed by atoms with Gasteiger partial charge < -0.3 is 12.3 Å². The van der Waals surface area contributed by atoms with Crippen LogP contribution in [0.25, 0.3) is 0 Å². The number of hydrogen-bond donors (Lipinski definition) is 2. The predicted molar refractivity (Wildman–Crippen MR) is 40.3 cm³/mol. The van der Waals surface area contributed by atoms with E-state index < -0.39 is 4.92 Å². The smallest absolute Gasteiger partial charge is 1.00 e. The second-order valence-electron chi connectivity index (χ2n) is 2.00. The molecule has 5 nitrogen and oxygen atoms in total. The van der Waals surface area contributed by atoms with E-state index in [4.69, 9.17) is 10.8 Å². The maximum Gasteiger partial charge on any atom is 1.00 e. The summed E-state index contributed by atoms with van der Waals surface area (Å²) in [5.41, 5.74) is 5.09. The fourth-order valence-electron chi connectivity index (χ4n) is 0.655. The number of nitrogens with two attached hydrogens (primary N) is 1. The van der Waals surface area contributed by atoms with Crippen LogP contribution in [-0.4, -0.2) is 10.0 Å². The minimum atomic E-state index is -0.574. The second kappa shape index (κ2) is 4.30. The van der Waals surface area contributed by atoms with E-state index in [1.165, 1.54) is 12.1 Å². The zero-order valence-corrected chi connectivity index (χ0v) is 8.52. The van der Waals surface area contributed by atoms with Gasteiger partial charge in [0.25, 0.3) is 5.69 Å². The van der Waals surface area contributed by atoms with Crippen molar-refractivity contribution in [3.63, 3.8) is 0 Å². The van der Waals surface area contributed by atoms with Crippen molar-refractivity contribution in [2.45, 2.75) is 0 Å². The van der Waals surface area contributed by atoms with Crippen LogP contribution in [0.5, 0.6) is 5.75 Å². The molecular weight excluding hydrogens is 171 g/mol. The van der Waals surface area contributed by atoms with Gasteiger partial charge in [0.05, 0.1) is 10.6 Å². The van der Waals surface area contributed by atoms with Crippen LogP contribution in [0, 0.1) is 10.1 Å². The Balaban J connectivity index is 0. The Morgan fingerprint density at radius 2 is 2.17 bits per heavy atom. The van der Waals surface area contributed by atoms with Gasteiger partial charge in [0.1, 0.15) is 5.75 Å². The summed E-state index contributed by atoms with van der Waals surface area (Å²) in [4.78, 5) is 9.56. The van der Waals surface area contributed by atoms with E-state index in [1.807, 2.05) is 0 Å². The Morgan fingerprint density at radius 1 is 1.58 bits per heavy atom. The molecule has 60 valence electrons. The molecule has 0 unspecified atom stereocenters. The third-order valence-electron chi connectivity index (χ3n) is 1.22. The number of aromatic hydroxyl groups is 1. The standard InChI is InChI=1S/C6H6N2O3.Na.H/c7-5-3-4(8(10)11)1-2-6(5)9;;/h1-3,9H,7H2;;/q;+1;-1. The van der Waals surface area contributed by atoms with Crippen LogP contribution in [0.2, 0.25) is 0 Å². The van der Waals surface area contributed by atoms with Crippen molar-refractivity contribution in [2.24, 2.45) is 0 Å². The number of nitro benzene ring substituents is 1. The molecule has 0 aliphatic heterocycles. The average Bonchev–Trinajstić information content (AvgIpc) is 1.94. The van der Waals surface area contributed by atoms with Gasteiger partial charge in [-0.15, -0.1) is 0 Å². The van der Waals surface area contributed by atoms with Crippen molar-refractivity contribution >= 4 is 11.4 Å². The van der Waals surface area contributed by atoms with Crippen LogP contribution >= 0.6 is 0 Å². The van der Waals surface area contributed by atoms with Gasteiger partial charge >= 0.3 is 29.6 Å². The summed E-state index contributed by atoms with van der Waals surface area (Å²) in [7, 11) is 0. The zero-order valence-electron chi connectivity index (χ0n) is 7.52. The van der Waals surface area contributed by atoms with Crippen molar-refractivity contribution in [3.05, 3.63) is 28.3 Å². The monoisotopic (exact) mass is 178 g/mol. The van der Waals surface area contributed by atoms with E-state index in [0.717, 1.165) is 6.07 Å². The minimum Gasteiger partial charge on any atom is -1.00 e. The Hall–Kier alpha value is -0.780. The van der Waals surface area contributed by atoms with Crippen molar-refractivity contribution in [1.29, 1.82) is 0 Å². The molecule has 1 aromatic carbocycles. The Kier molecular flexibility index (Phi) is 4.02. The summed E-state index contributed by atoms with van der Waals surface area (Å²) in [5.74, 6) is -0.143. The number of nitrogens with zero attached hydrogens (tertiary/aromatic N) is 1. The van der Waals surface area contributed by atoms with Gasteiger partial charge in [-0.25, -0.2) is 0 Å². The molecule has 0 aliphatic carbocycles. The van der Waals surface area contributed by atoms with Crippen molar-refractivity contribution in [3.8, 4) is 5.75 Å². The fraction of sp³-hybridized carbons (Fsp3) is 0. The molecule has 0 saturated heterocycles. The molecule has 0 heterocycles. The zero-order chi connectivity index (χ0) is 8.43. The Labute approximate surface area is 92.1 Å². The van der Waals surface area contributed by atoms with Gasteiger partial charge in [-0.2, -0.15) is 0 Å². The van der Waals surface area contributed by atoms with Crippen LogP contribution in [0.3, 0.4) is 0 Å². The third-order valence-corrected chi connectivity index (χ3v) is 1.22. The molecule has 1 aromatic rings. The largest absolute Gasteiger partial charge is 1.00 e. The van der Waals surface area contributed by atoms with Crippen LogP contribution < -0.4 is 35.3 Å². The number of rotatable bonds is 1. The summed E-state index contributed by atoms with van der Waals surface area (Å²) in [6.07, 6.45) is 0. The van der Waals surface area contributed by atoms with Gasteiger partial charge in [-0.05, 0) is 6.07 Å². The second-order valence-corrected chi connectivity index (χ2v) is 2.00. The van der Waals surface area contributed by atoms with Crippen molar-refractivity contribution < 1.29 is 41.0 Å². The van der Waals surface area contributed by atoms with Crippen LogP contribution in [0.4, 0.5) is 11.4 Å². The molecule has 0 bridgehead atoms. The first kappa shape index (κ1) is 11.2. The number of phenols is 1. The molecule has 0 amide bonds. The first-order valence-electron chi connectivity index (χ1n) is 2.84. The fourth-order valence-corrected chi connectivity index (χ4v) is 0.655. The van der Waals surface area contributed by atoms with E-state index in [-0.39, 0.29) is 48.1 Å². The molecule has 0 saturated carbocycles. The minimum absolute atomic E-state index is 0. The number of anilines is 1. The number of nitro groups is 1. The van der Waals surface area contributed by atoms with E-state index in [1.54, 1.807) is 0 Å². The Bertz CT molecular complexity index is 308.